The minimum atomic E-state index is 0.00125. The zero-order valence-electron chi connectivity index (χ0n) is 7.15. The summed E-state index contributed by atoms with van der Waals surface area (Å²) < 4.78 is 0.00125. The van der Waals surface area contributed by atoms with Gasteiger partial charge in [-0.15, -0.1) is 0 Å². The first-order chi connectivity index (χ1) is 4.54. The molecule has 0 spiro atoms. The van der Waals surface area contributed by atoms with Crippen LogP contribution in [0, 0.1) is 0 Å². The second-order valence-corrected chi connectivity index (χ2v) is 4.46. The molecule has 0 radical (unpaired) electrons. The fraction of sp³-hybridized carbons (Fsp3) is 1.00. The van der Waals surface area contributed by atoms with Gasteiger partial charge in [0.05, 0.1) is 0 Å². The van der Waals surface area contributed by atoms with Crippen molar-refractivity contribution in [1.29, 1.82) is 0 Å². The average molecular weight is 257 g/mol. The van der Waals surface area contributed by atoms with Crippen LogP contribution in [0.4, 0.5) is 0 Å². The van der Waals surface area contributed by atoms with Crippen LogP contribution >= 0.6 is 22.6 Å². The summed E-state index contributed by atoms with van der Waals surface area (Å²) in [6, 6.07) is 0. The summed E-state index contributed by atoms with van der Waals surface area (Å²) in [6.07, 6.45) is 2.09. The zero-order chi connectivity index (χ0) is 8.20. The predicted octanol–water partition coefficient (Wildman–Crippen LogP) is 2.43. The SMILES string of the molecule is CCC(I)(CC)ON(C)C. The molecule has 0 rings (SSSR count). The summed E-state index contributed by atoms with van der Waals surface area (Å²) in [5, 5.41) is 1.76. The molecule has 0 N–H and O–H groups in total. The molecule has 0 bridgehead atoms. The fourth-order valence-electron chi connectivity index (χ4n) is 0.706. The van der Waals surface area contributed by atoms with Crippen molar-refractivity contribution in [1.82, 2.24) is 5.06 Å². The Kier molecular flexibility index (Phi) is 4.81. The molecule has 0 heterocycles. The second kappa shape index (κ2) is 4.51. The molecule has 0 saturated heterocycles. The van der Waals surface area contributed by atoms with Crippen LogP contribution < -0.4 is 0 Å². The highest BCUT2D eigenvalue weighted by Gasteiger charge is 2.23. The highest BCUT2D eigenvalue weighted by atomic mass is 127. The van der Waals surface area contributed by atoms with Crippen molar-refractivity contribution in [3.05, 3.63) is 0 Å². The topological polar surface area (TPSA) is 12.5 Å². The van der Waals surface area contributed by atoms with Crippen molar-refractivity contribution in [2.75, 3.05) is 14.1 Å². The Morgan fingerprint density at radius 1 is 1.30 bits per heavy atom. The van der Waals surface area contributed by atoms with Crippen molar-refractivity contribution in [3.8, 4) is 0 Å². The largest absolute Gasteiger partial charge is 0.282 e. The molecule has 0 unspecified atom stereocenters. The Hall–Kier alpha value is 0.650. The highest BCUT2D eigenvalue weighted by Crippen LogP contribution is 2.28. The Labute approximate surface area is 77.0 Å². The molecule has 0 amide bonds. The monoisotopic (exact) mass is 257 g/mol. The van der Waals surface area contributed by atoms with Gasteiger partial charge in [-0.05, 0) is 35.4 Å². The van der Waals surface area contributed by atoms with Gasteiger partial charge in [0.25, 0.3) is 0 Å². The van der Waals surface area contributed by atoms with Crippen molar-refractivity contribution in [2.24, 2.45) is 0 Å². The molecular formula is C7H16INO. The van der Waals surface area contributed by atoms with E-state index in [4.69, 9.17) is 4.84 Å². The third-order valence-corrected chi connectivity index (χ3v) is 3.12. The Bertz CT molecular complexity index is 91.6. The number of halogens is 1. The zero-order valence-corrected chi connectivity index (χ0v) is 9.31. The van der Waals surface area contributed by atoms with Gasteiger partial charge in [-0.2, -0.15) is 5.06 Å². The average Bonchev–Trinajstić information content (AvgIpc) is 1.87. The van der Waals surface area contributed by atoms with Crippen LogP contribution in [0.25, 0.3) is 0 Å². The molecule has 0 saturated carbocycles. The minimum Gasteiger partial charge on any atom is -0.282 e. The molecule has 2 nitrogen and oxygen atoms in total. The van der Waals surface area contributed by atoms with E-state index in [1.807, 2.05) is 14.1 Å². The van der Waals surface area contributed by atoms with Crippen molar-refractivity contribution < 1.29 is 4.84 Å². The van der Waals surface area contributed by atoms with Crippen LogP contribution in [0.3, 0.4) is 0 Å². The van der Waals surface area contributed by atoms with Crippen molar-refractivity contribution >= 4 is 22.6 Å². The molecule has 0 fully saturated rings. The van der Waals surface area contributed by atoms with Gasteiger partial charge in [0, 0.05) is 14.1 Å². The third kappa shape index (κ3) is 3.73. The standard InChI is InChI=1S/C7H16INO/c1-5-7(8,6-2)10-9(3)4/h5-6H2,1-4H3. The normalized spacial score (nSPS) is 12.6. The van der Waals surface area contributed by atoms with Gasteiger partial charge in [0.1, 0.15) is 3.61 Å². The van der Waals surface area contributed by atoms with Gasteiger partial charge in [0.15, 0.2) is 0 Å². The Balaban J connectivity index is 3.80. The smallest absolute Gasteiger partial charge is 0.140 e. The van der Waals surface area contributed by atoms with Crippen LogP contribution in [0.1, 0.15) is 26.7 Å². The van der Waals surface area contributed by atoms with E-state index in [0.717, 1.165) is 12.8 Å². The second-order valence-electron chi connectivity index (χ2n) is 2.49. The lowest BCUT2D eigenvalue weighted by molar-refractivity contribution is -0.174. The summed E-state index contributed by atoms with van der Waals surface area (Å²) in [5.41, 5.74) is 0. The number of nitrogens with zero attached hydrogens (tertiary/aromatic N) is 1. The van der Waals surface area contributed by atoms with E-state index < -0.39 is 0 Å². The van der Waals surface area contributed by atoms with E-state index in [1.165, 1.54) is 0 Å². The highest BCUT2D eigenvalue weighted by molar-refractivity contribution is 14.1. The van der Waals surface area contributed by atoms with Crippen LogP contribution in [-0.4, -0.2) is 22.8 Å². The molecule has 3 heteroatoms. The van der Waals surface area contributed by atoms with Gasteiger partial charge < -0.3 is 0 Å². The van der Waals surface area contributed by atoms with Gasteiger partial charge in [-0.3, -0.25) is 4.84 Å². The maximum atomic E-state index is 5.56. The number of hydrogen-bond donors (Lipinski definition) is 0. The van der Waals surface area contributed by atoms with Gasteiger partial charge >= 0.3 is 0 Å². The van der Waals surface area contributed by atoms with E-state index >= 15 is 0 Å². The molecule has 62 valence electrons. The summed E-state index contributed by atoms with van der Waals surface area (Å²) in [6.45, 7) is 4.28. The lowest BCUT2D eigenvalue weighted by Crippen LogP contribution is -2.30. The molecule has 10 heavy (non-hydrogen) atoms. The molecule has 0 aliphatic carbocycles. The van der Waals surface area contributed by atoms with Gasteiger partial charge in [0.2, 0.25) is 0 Å². The van der Waals surface area contributed by atoms with E-state index in [-0.39, 0.29) is 3.61 Å². The number of alkyl halides is 1. The van der Waals surface area contributed by atoms with Crippen LogP contribution in [0.15, 0.2) is 0 Å². The Morgan fingerprint density at radius 3 is 1.80 bits per heavy atom. The lowest BCUT2D eigenvalue weighted by atomic mass is 10.2. The molecule has 0 aromatic carbocycles. The maximum absolute atomic E-state index is 5.56. The quantitative estimate of drug-likeness (QED) is 0.435. The first kappa shape index (κ1) is 10.7. The minimum absolute atomic E-state index is 0.00125. The molecule has 0 aromatic heterocycles. The maximum Gasteiger partial charge on any atom is 0.140 e. The summed E-state index contributed by atoms with van der Waals surface area (Å²) in [4.78, 5) is 5.56. The summed E-state index contributed by atoms with van der Waals surface area (Å²) >= 11 is 2.35. The third-order valence-electron chi connectivity index (χ3n) is 1.40. The Morgan fingerprint density at radius 2 is 1.70 bits per heavy atom. The molecule has 0 atom stereocenters. The first-order valence-corrected chi connectivity index (χ1v) is 4.67. The van der Waals surface area contributed by atoms with Crippen LogP contribution in [0.5, 0.6) is 0 Å². The number of hydrogen-bond acceptors (Lipinski definition) is 2. The van der Waals surface area contributed by atoms with E-state index in [1.54, 1.807) is 5.06 Å². The fourth-order valence-corrected chi connectivity index (χ4v) is 1.10. The lowest BCUT2D eigenvalue weighted by Gasteiger charge is -2.27. The van der Waals surface area contributed by atoms with Crippen molar-refractivity contribution in [2.45, 2.75) is 30.3 Å². The predicted molar refractivity (Wildman–Crippen MR) is 52.1 cm³/mol. The molecule has 0 aromatic rings. The van der Waals surface area contributed by atoms with E-state index in [9.17, 15) is 0 Å². The van der Waals surface area contributed by atoms with Crippen molar-refractivity contribution in [3.63, 3.8) is 0 Å². The van der Waals surface area contributed by atoms with Crippen LogP contribution in [-0.2, 0) is 4.84 Å². The number of hydroxylamine groups is 2. The van der Waals surface area contributed by atoms with Crippen LogP contribution in [0.2, 0.25) is 0 Å². The first-order valence-electron chi connectivity index (χ1n) is 3.59. The summed E-state index contributed by atoms with van der Waals surface area (Å²) in [5.74, 6) is 0. The van der Waals surface area contributed by atoms with E-state index in [2.05, 4.69) is 36.4 Å². The number of rotatable bonds is 4. The molecular weight excluding hydrogens is 241 g/mol. The van der Waals surface area contributed by atoms with Gasteiger partial charge in [-0.1, -0.05) is 13.8 Å². The van der Waals surface area contributed by atoms with Gasteiger partial charge in [-0.25, -0.2) is 0 Å². The summed E-state index contributed by atoms with van der Waals surface area (Å²) in [7, 11) is 3.83. The molecule has 0 aliphatic heterocycles. The van der Waals surface area contributed by atoms with E-state index in [0.29, 0.717) is 0 Å². The molecule has 0 aliphatic rings.